The van der Waals surface area contributed by atoms with E-state index in [4.69, 9.17) is 10.5 Å². The Morgan fingerprint density at radius 2 is 1.53 bits per heavy atom. The lowest BCUT2D eigenvalue weighted by Gasteiger charge is -2.08. The summed E-state index contributed by atoms with van der Waals surface area (Å²) in [7, 11) is 0. The van der Waals surface area contributed by atoms with Crippen LogP contribution >= 0.6 is 0 Å². The fourth-order valence-corrected chi connectivity index (χ4v) is 2.16. The highest BCUT2D eigenvalue weighted by Gasteiger charge is 2.00. The second-order valence-electron chi connectivity index (χ2n) is 4.96. The molecule has 0 aromatic heterocycles. The Bertz CT molecular complexity index is 511. The van der Waals surface area contributed by atoms with Crippen molar-refractivity contribution < 1.29 is 4.74 Å². The molecule has 2 aromatic rings. The predicted molar refractivity (Wildman–Crippen MR) is 79.8 cm³/mol. The maximum atomic E-state index is 5.87. The van der Waals surface area contributed by atoms with E-state index < -0.39 is 0 Å². The van der Waals surface area contributed by atoms with Crippen molar-refractivity contribution in [3.05, 3.63) is 59.2 Å². The zero-order chi connectivity index (χ0) is 13.7. The molecular weight excluding hydrogens is 234 g/mol. The molecule has 0 aliphatic carbocycles. The average Bonchev–Trinajstić information content (AvgIpc) is 2.37. The SMILES string of the molecule is Cc1cc(C)cc(Oc2ccc(CCCN)cc2)c1. The Morgan fingerprint density at radius 3 is 2.11 bits per heavy atom. The molecule has 0 amide bonds. The van der Waals surface area contributed by atoms with Crippen LogP contribution in [0.2, 0.25) is 0 Å². The molecule has 0 atom stereocenters. The third-order valence-electron chi connectivity index (χ3n) is 3.02. The van der Waals surface area contributed by atoms with Gasteiger partial charge in [0.05, 0.1) is 0 Å². The Morgan fingerprint density at radius 1 is 0.895 bits per heavy atom. The molecule has 0 aliphatic rings. The lowest BCUT2D eigenvalue weighted by Crippen LogP contribution is -2.00. The predicted octanol–water partition coefficient (Wildman–Crippen LogP) is 3.99. The van der Waals surface area contributed by atoms with Crippen molar-refractivity contribution in [2.45, 2.75) is 26.7 Å². The maximum absolute atomic E-state index is 5.87. The molecule has 0 spiro atoms. The number of ether oxygens (including phenoxy) is 1. The molecule has 2 rings (SSSR count). The summed E-state index contributed by atoms with van der Waals surface area (Å²) >= 11 is 0. The second-order valence-corrected chi connectivity index (χ2v) is 4.96. The van der Waals surface area contributed by atoms with E-state index in [0.717, 1.165) is 30.9 Å². The molecule has 100 valence electrons. The number of aryl methyl sites for hydroxylation is 3. The van der Waals surface area contributed by atoms with Crippen molar-refractivity contribution in [2.24, 2.45) is 5.73 Å². The molecule has 0 unspecified atom stereocenters. The van der Waals surface area contributed by atoms with Crippen LogP contribution in [-0.2, 0) is 6.42 Å². The fourth-order valence-electron chi connectivity index (χ4n) is 2.16. The van der Waals surface area contributed by atoms with Gasteiger partial charge in [0.1, 0.15) is 11.5 Å². The van der Waals surface area contributed by atoms with Gasteiger partial charge < -0.3 is 10.5 Å². The first-order chi connectivity index (χ1) is 9.17. The first kappa shape index (κ1) is 13.6. The summed E-state index contributed by atoms with van der Waals surface area (Å²) in [6.45, 7) is 4.90. The van der Waals surface area contributed by atoms with Crippen LogP contribution in [0.4, 0.5) is 0 Å². The number of hydrogen-bond donors (Lipinski definition) is 1. The second kappa shape index (κ2) is 6.39. The molecule has 0 fully saturated rings. The van der Waals surface area contributed by atoms with Crippen LogP contribution in [0.15, 0.2) is 42.5 Å². The topological polar surface area (TPSA) is 35.2 Å². The Kier molecular flexibility index (Phi) is 4.58. The molecule has 0 radical (unpaired) electrons. The van der Waals surface area contributed by atoms with Crippen molar-refractivity contribution in [2.75, 3.05) is 6.54 Å². The van der Waals surface area contributed by atoms with Gasteiger partial charge in [0.15, 0.2) is 0 Å². The Balaban J connectivity index is 2.06. The van der Waals surface area contributed by atoms with Gasteiger partial charge in [-0.15, -0.1) is 0 Å². The molecular formula is C17H21NO. The molecule has 2 heteroatoms. The van der Waals surface area contributed by atoms with Gasteiger partial charge in [0, 0.05) is 0 Å². The zero-order valence-electron chi connectivity index (χ0n) is 11.6. The van der Waals surface area contributed by atoms with Gasteiger partial charge in [-0.1, -0.05) is 18.2 Å². The van der Waals surface area contributed by atoms with Gasteiger partial charge in [0.25, 0.3) is 0 Å². The van der Waals surface area contributed by atoms with Crippen molar-refractivity contribution in [3.63, 3.8) is 0 Å². The summed E-state index contributed by atoms with van der Waals surface area (Å²) in [4.78, 5) is 0. The van der Waals surface area contributed by atoms with Crippen LogP contribution < -0.4 is 10.5 Å². The van der Waals surface area contributed by atoms with Crippen molar-refractivity contribution >= 4 is 0 Å². The summed E-state index contributed by atoms with van der Waals surface area (Å²) in [6, 6.07) is 14.5. The highest BCUT2D eigenvalue weighted by atomic mass is 16.5. The number of benzene rings is 2. The molecule has 0 heterocycles. The highest BCUT2D eigenvalue weighted by Crippen LogP contribution is 2.24. The molecule has 19 heavy (non-hydrogen) atoms. The Labute approximate surface area is 115 Å². The van der Waals surface area contributed by atoms with Crippen LogP contribution in [0.1, 0.15) is 23.1 Å². The van der Waals surface area contributed by atoms with Gasteiger partial charge in [-0.05, 0) is 74.2 Å². The van der Waals surface area contributed by atoms with Gasteiger partial charge in [-0.25, -0.2) is 0 Å². The molecule has 0 aliphatic heterocycles. The van der Waals surface area contributed by atoms with Crippen molar-refractivity contribution in [1.82, 2.24) is 0 Å². The third kappa shape index (κ3) is 4.11. The van der Waals surface area contributed by atoms with Crippen LogP contribution in [0.25, 0.3) is 0 Å². The average molecular weight is 255 g/mol. The van der Waals surface area contributed by atoms with E-state index in [1.165, 1.54) is 16.7 Å². The summed E-state index contributed by atoms with van der Waals surface area (Å²) in [5.41, 5.74) is 9.25. The zero-order valence-corrected chi connectivity index (χ0v) is 11.6. The number of hydrogen-bond acceptors (Lipinski definition) is 2. The number of rotatable bonds is 5. The summed E-state index contributed by atoms with van der Waals surface area (Å²) < 4.78 is 5.87. The number of nitrogens with two attached hydrogens (primary N) is 1. The van der Waals surface area contributed by atoms with Crippen LogP contribution in [-0.4, -0.2) is 6.54 Å². The quantitative estimate of drug-likeness (QED) is 0.876. The van der Waals surface area contributed by atoms with Gasteiger partial charge >= 0.3 is 0 Å². The molecule has 2 aromatic carbocycles. The normalized spacial score (nSPS) is 10.5. The lowest BCUT2D eigenvalue weighted by molar-refractivity contribution is 0.481. The van der Waals surface area contributed by atoms with E-state index in [-0.39, 0.29) is 0 Å². The first-order valence-corrected chi connectivity index (χ1v) is 6.72. The van der Waals surface area contributed by atoms with E-state index >= 15 is 0 Å². The van der Waals surface area contributed by atoms with Crippen molar-refractivity contribution in [3.8, 4) is 11.5 Å². The van der Waals surface area contributed by atoms with Gasteiger partial charge in [-0.3, -0.25) is 0 Å². The maximum Gasteiger partial charge on any atom is 0.127 e. The van der Waals surface area contributed by atoms with E-state index in [1.807, 2.05) is 12.1 Å². The van der Waals surface area contributed by atoms with E-state index in [9.17, 15) is 0 Å². The van der Waals surface area contributed by atoms with E-state index in [1.54, 1.807) is 0 Å². The molecule has 0 saturated heterocycles. The minimum Gasteiger partial charge on any atom is -0.457 e. The summed E-state index contributed by atoms with van der Waals surface area (Å²) in [5.74, 6) is 1.77. The van der Waals surface area contributed by atoms with Crippen LogP contribution in [0, 0.1) is 13.8 Å². The van der Waals surface area contributed by atoms with E-state index in [2.05, 4.69) is 44.2 Å². The van der Waals surface area contributed by atoms with Crippen molar-refractivity contribution in [1.29, 1.82) is 0 Å². The molecule has 0 bridgehead atoms. The summed E-state index contributed by atoms with van der Waals surface area (Å²) in [5, 5.41) is 0. The standard InChI is InChI=1S/C17H21NO/c1-13-10-14(2)12-17(11-13)19-16-7-5-15(6-8-16)4-3-9-18/h5-8,10-12H,3-4,9,18H2,1-2H3. The van der Waals surface area contributed by atoms with Crippen LogP contribution in [0.3, 0.4) is 0 Å². The van der Waals surface area contributed by atoms with Gasteiger partial charge in [-0.2, -0.15) is 0 Å². The Hall–Kier alpha value is -1.80. The highest BCUT2D eigenvalue weighted by molar-refractivity contribution is 5.37. The third-order valence-corrected chi connectivity index (χ3v) is 3.02. The fraction of sp³-hybridized carbons (Fsp3) is 0.294. The minimum atomic E-state index is 0.737. The lowest BCUT2D eigenvalue weighted by atomic mass is 10.1. The largest absolute Gasteiger partial charge is 0.457 e. The first-order valence-electron chi connectivity index (χ1n) is 6.72. The van der Waals surface area contributed by atoms with Crippen LogP contribution in [0.5, 0.6) is 11.5 Å². The smallest absolute Gasteiger partial charge is 0.127 e. The molecule has 2 N–H and O–H groups in total. The molecule has 2 nitrogen and oxygen atoms in total. The van der Waals surface area contributed by atoms with Gasteiger partial charge in [0.2, 0.25) is 0 Å². The minimum absolute atomic E-state index is 0.737. The summed E-state index contributed by atoms with van der Waals surface area (Å²) in [6.07, 6.45) is 2.05. The monoisotopic (exact) mass is 255 g/mol. The van der Waals surface area contributed by atoms with E-state index in [0.29, 0.717) is 0 Å². The molecule has 0 saturated carbocycles.